The van der Waals surface area contributed by atoms with Gasteiger partial charge in [0, 0.05) is 54.2 Å². The zero-order chi connectivity index (χ0) is 24.8. The molecule has 8 nitrogen and oxygen atoms in total. The first-order chi connectivity index (χ1) is 17.5. The highest BCUT2D eigenvalue weighted by atomic mass is 16.5. The number of para-hydroxylation sites is 1. The molecule has 1 fully saturated rings. The molecule has 6 rings (SSSR count). The van der Waals surface area contributed by atoms with Crippen molar-refractivity contribution in [2.45, 2.75) is 12.6 Å². The minimum absolute atomic E-state index is 0.0677. The van der Waals surface area contributed by atoms with Crippen LogP contribution in [0.5, 0.6) is 5.75 Å². The number of aromatic nitrogens is 2. The van der Waals surface area contributed by atoms with E-state index in [0.29, 0.717) is 24.5 Å². The number of aromatic amines is 1. The molecule has 1 atom stereocenters. The van der Waals surface area contributed by atoms with E-state index in [9.17, 15) is 14.7 Å². The number of aliphatic hydroxyl groups is 1. The predicted molar refractivity (Wildman–Crippen MR) is 136 cm³/mol. The van der Waals surface area contributed by atoms with Crippen molar-refractivity contribution in [2.24, 2.45) is 0 Å². The summed E-state index contributed by atoms with van der Waals surface area (Å²) in [6.07, 6.45) is 5.11. The molecule has 0 aliphatic carbocycles. The Kier molecular flexibility index (Phi) is 5.21. The molecule has 0 spiro atoms. The van der Waals surface area contributed by atoms with Crippen LogP contribution in [-0.2, 0) is 16.1 Å². The van der Waals surface area contributed by atoms with Crippen LogP contribution < -0.4 is 9.64 Å². The van der Waals surface area contributed by atoms with Gasteiger partial charge in [0.15, 0.2) is 0 Å². The van der Waals surface area contributed by atoms with Crippen LogP contribution in [0.25, 0.3) is 16.7 Å². The summed E-state index contributed by atoms with van der Waals surface area (Å²) in [6.45, 7) is 1.49. The number of benzene rings is 2. The quantitative estimate of drug-likeness (QED) is 0.260. The molecule has 180 valence electrons. The van der Waals surface area contributed by atoms with Crippen LogP contribution in [0.15, 0.2) is 78.8 Å². The number of aliphatic hydroxyl groups excluding tert-OH is 1. The highest BCUT2D eigenvalue weighted by Gasteiger charge is 2.47. The second-order valence-electron chi connectivity index (χ2n) is 9.02. The van der Waals surface area contributed by atoms with E-state index >= 15 is 0 Å². The number of hydrogen-bond donors (Lipinski definition) is 2. The number of carbonyl (C=O) groups is 2. The molecule has 4 aromatic rings. The Morgan fingerprint density at radius 3 is 2.78 bits per heavy atom. The fraction of sp³-hybridized carbons (Fsp3) is 0.179. The second kappa shape index (κ2) is 8.57. The highest BCUT2D eigenvalue weighted by Crippen LogP contribution is 2.43. The summed E-state index contributed by atoms with van der Waals surface area (Å²) in [4.78, 5) is 37.7. The van der Waals surface area contributed by atoms with Crippen LogP contribution in [0.1, 0.15) is 22.7 Å². The molecule has 2 aromatic heterocycles. The maximum atomic E-state index is 13.4. The Morgan fingerprint density at radius 2 is 1.94 bits per heavy atom. The van der Waals surface area contributed by atoms with Crippen LogP contribution in [0.3, 0.4) is 0 Å². The van der Waals surface area contributed by atoms with Crippen LogP contribution >= 0.6 is 0 Å². The number of nitrogens with one attached hydrogen (secondary N) is 1. The number of ketones is 1. The predicted octanol–water partition coefficient (Wildman–Crippen LogP) is 4.01. The lowest BCUT2D eigenvalue weighted by molar-refractivity contribution is -0.140. The van der Waals surface area contributed by atoms with Gasteiger partial charge in [-0.3, -0.25) is 14.6 Å². The third-order valence-corrected chi connectivity index (χ3v) is 6.89. The Bertz CT molecular complexity index is 1530. The molecule has 1 unspecified atom stereocenters. The topological polar surface area (TPSA) is 98.8 Å². The fourth-order valence-corrected chi connectivity index (χ4v) is 5.03. The van der Waals surface area contributed by atoms with Crippen molar-refractivity contribution in [1.82, 2.24) is 14.9 Å². The molecule has 8 heteroatoms. The molecule has 2 N–H and O–H groups in total. The van der Waals surface area contributed by atoms with Crippen molar-refractivity contribution < 1.29 is 19.4 Å². The van der Waals surface area contributed by atoms with Crippen molar-refractivity contribution in [3.8, 4) is 5.75 Å². The molecule has 1 saturated heterocycles. The van der Waals surface area contributed by atoms with E-state index in [0.717, 1.165) is 27.7 Å². The third kappa shape index (κ3) is 3.50. The number of H-pyrrole nitrogens is 1. The van der Waals surface area contributed by atoms with Crippen molar-refractivity contribution in [2.75, 3.05) is 25.1 Å². The van der Waals surface area contributed by atoms with Gasteiger partial charge in [0.05, 0.1) is 23.8 Å². The van der Waals surface area contributed by atoms with E-state index in [-0.39, 0.29) is 17.9 Å². The lowest BCUT2D eigenvalue weighted by Gasteiger charge is -2.28. The molecule has 2 aromatic carbocycles. The van der Waals surface area contributed by atoms with Gasteiger partial charge in [-0.1, -0.05) is 18.2 Å². The number of anilines is 1. The summed E-state index contributed by atoms with van der Waals surface area (Å²) in [5.41, 5.74) is 3.81. The summed E-state index contributed by atoms with van der Waals surface area (Å²) < 4.78 is 5.73. The van der Waals surface area contributed by atoms with Gasteiger partial charge in [0.2, 0.25) is 0 Å². The van der Waals surface area contributed by atoms with Gasteiger partial charge < -0.3 is 24.6 Å². The van der Waals surface area contributed by atoms with Crippen molar-refractivity contribution >= 4 is 34.0 Å². The Hall–Kier alpha value is -4.59. The first-order valence-corrected chi connectivity index (χ1v) is 11.7. The molecule has 0 radical (unpaired) electrons. The molecule has 2 aliphatic heterocycles. The van der Waals surface area contributed by atoms with E-state index in [1.807, 2.05) is 54.5 Å². The largest absolute Gasteiger partial charge is 0.507 e. The zero-order valence-electron chi connectivity index (χ0n) is 19.6. The average Bonchev–Trinajstić information content (AvgIpc) is 3.43. The molecule has 0 bridgehead atoms. The van der Waals surface area contributed by atoms with Crippen LogP contribution in [-0.4, -0.2) is 51.9 Å². The van der Waals surface area contributed by atoms with Crippen LogP contribution in [0.4, 0.5) is 5.69 Å². The maximum Gasteiger partial charge on any atom is 0.295 e. The Balaban J connectivity index is 1.53. The van der Waals surface area contributed by atoms with E-state index in [1.54, 1.807) is 30.6 Å². The number of nitrogens with zero attached hydrogens (tertiary/aromatic N) is 3. The number of rotatable bonds is 4. The molecular formula is C28H24N4O4. The van der Waals surface area contributed by atoms with Gasteiger partial charge in [-0.05, 0) is 42.0 Å². The number of likely N-dealkylation sites (N-methyl/N-ethyl adjacent to an activating group) is 1. The van der Waals surface area contributed by atoms with Crippen molar-refractivity contribution in [3.05, 3.63) is 95.5 Å². The molecule has 1 amide bonds. The fourth-order valence-electron chi connectivity index (χ4n) is 5.03. The van der Waals surface area contributed by atoms with Gasteiger partial charge in [-0.25, -0.2) is 0 Å². The molecule has 36 heavy (non-hydrogen) atoms. The van der Waals surface area contributed by atoms with E-state index in [4.69, 9.17) is 4.74 Å². The number of pyridine rings is 1. The molecule has 2 aliphatic rings. The number of hydrogen-bond acceptors (Lipinski definition) is 6. The smallest absolute Gasteiger partial charge is 0.295 e. The molecular weight excluding hydrogens is 456 g/mol. The Labute approximate surface area is 207 Å². The highest BCUT2D eigenvalue weighted by molar-refractivity contribution is 6.46. The third-order valence-electron chi connectivity index (χ3n) is 6.89. The van der Waals surface area contributed by atoms with Crippen molar-refractivity contribution in [3.63, 3.8) is 0 Å². The molecule has 4 heterocycles. The van der Waals surface area contributed by atoms with Gasteiger partial charge in [0.1, 0.15) is 18.1 Å². The Morgan fingerprint density at radius 1 is 1.14 bits per heavy atom. The maximum absolute atomic E-state index is 13.4. The summed E-state index contributed by atoms with van der Waals surface area (Å²) >= 11 is 0. The molecule has 0 saturated carbocycles. The standard InChI is InChI=1S/C28H24N4O4/c1-31-12-13-36-23-7-6-18(14-22(23)31)26(33)24-25(20-15-30-21-5-3-2-4-19(20)21)32(28(35)27(24)34)16-17-8-10-29-11-9-17/h2-11,14-15,25,30,33H,12-13,16H2,1H3/b26-24+. The average molecular weight is 481 g/mol. The number of likely N-dealkylation sites (tertiary alicyclic amines) is 1. The first kappa shape index (κ1) is 21.9. The lowest BCUT2D eigenvalue weighted by atomic mass is 9.94. The lowest BCUT2D eigenvalue weighted by Crippen LogP contribution is -2.29. The van der Waals surface area contributed by atoms with Crippen molar-refractivity contribution in [1.29, 1.82) is 0 Å². The van der Waals surface area contributed by atoms with Crippen LogP contribution in [0.2, 0.25) is 0 Å². The van der Waals surface area contributed by atoms with Gasteiger partial charge in [-0.15, -0.1) is 0 Å². The van der Waals surface area contributed by atoms with Gasteiger partial charge in [0.25, 0.3) is 11.7 Å². The summed E-state index contributed by atoms with van der Waals surface area (Å²) in [5, 5.41) is 12.4. The summed E-state index contributed by atoms with van der Waals surface area (Å²) in [7, 11) is 1.95. The number of fused-ring (bicyclic) bond motifs is 2. The van der Waals surface area contributed by atoms with E-state index in [2.05, 4.69) is 9.97 Å². The summed E-state index contributed by atoms with van der Waals surface area (Å²) in [6, 6.07) is 15.9. The second-order valence-corrected chi connectivity index (χ2v) is 9.02. The van der Waals surface area contributed by atoms with E-state index in [1.165, 1.54) is 4.90 Å². The number of amides is 1. The normalized spacial score (nSPS) is 19.0. The minimum atomic E-state index is -0.765. The summed E-state index contributed by atoms with van der Waals surface area (Å²) in [5.74, 6) is -0.851. The van der Waals surface area contributed by atoms with E-state index < -0.39 is 17.7 Å². The minimum Gasteiger partial charge on any atom is -0.507 e. The SMILES string of the molecule is CN1CCOc2ccc(/C(O)=C3\C(=O)C(=O)N(Cc4ccncc4)C3c3c[nH]c4ccccc34)cc21. The number of Topliss-reactive ketones (excluding diaryl/α,β-unsaturated/α-hetero) is 1. The number of ether oxygens (including phenoxy) is 1. The first-order valence-electron chi connectivity index (χ1n) is 11.7. The number of carbonyl (C=O) groups excluding carboxylic acids is 2. The van der Waals surface area contributed by atoms with Gasteiger partial charge >= 0.3 is 0 Å². The van der Waals surface area contributed by atoms with Gasteiger partial charge in [-0.2, -0.15) is 0 Å². The van der Waals surface area contributed by atoms with Crippen LogP contribution in [0, 0.1) is 0 Å². The monoisotopic (exact) mass is 480 g/mol. The zero-order valence-corrected chi connectivity index (χ0v) is 19.6.